The lowest BCUT2D eigenvalue weighted by Crippen LogP contribution is -2.33. The highest BCUT2D eigenvalue weighted by atomic mass is 16.2. The molecule has 0 fully saturated rings. The van der Waals surface area contributed by atoms with Crippen molar-refractivity contribution in [2.45, 2.75) is 40.0 Å². The molecule has 0 spiro atoms. The lowest BCUT2D eigenvalue weighted by molar-refractivity contribution is -0.117. The number of benzene rings is 2. The van der Waals surface area contributed by atoms with Crippen LogP contribution in [0.5, 0.6) is 0 Å². The van der Waals surface area contributed by atoms with E-state index in [0.29, 0.717) is 6.54 Å². The molecular formula is C21H26N2O2. The quantitative estimate of drug-likeness (QED) is 0.823. The van der Waals surface area contributed by atoms with E-state index in [1.807, 2.05) is 36.4 Å². The number of anilines is 2. The maximum absolute atomic E-state index is 12.2. The van der Waals surface area contributed by atoms with Gasteiger partial charge in [-0.2, -0.15) is 0 Å². The van der Waals surface area contributed by atoms with E-state index in [2.05, 4.69) is 31.3 Å². The number of nitrogens with zero attached hydrogens (tertiary/aromatic N) is 1. The summed E-state index contributed by atoms with van der Waals surface area (Å²) in [6.07, 6.45) is 1.96. The van der Waals surface area contributed by atoms with Crippen molar-refractivity contribution >= 4 is 23.2 Å². The van der Waals surface area contributed by atoms with Gasteiger partial charge in [-0.1, -0.05) is 50.2 Å². The third-order valence-electron chi connectivity index (χ3n) is 4.23. The topological polar surface area (TPSA) is 49.4 Å². The Hall–Kier alpha value is -2.62. The molecule has 2 aromatic rings. The monoisotopic (exact) mass is 338 g/mol. The van der Waals surface area contributed by atoms with E-state index >= 15 is 0 Å². The number of carbonyl (C=O) groups excluding carboxylic acids is 2. The number of hydrogen-bond acceptors (Lipinski definition) is 2. The first-order chi connectivity index (χ1) is 12.1. The third kappa shape index (κ3) is 4.92. The first-order valence-electron chi connectivity index (χ1n) is 8.80. The van der Waals surface area contributed by atoms with E-state index in [-0.39, 0.29) is 18.2 Å². The van der Waals surface area contributed by atoms with Crippen LogP contribution in [0.4, 0.5) is 11.4 Å². The summed E-state index contributed by atoms with van der Waals surface area (Å²) in [5, 5.41) is 2.87. The van der Waals surface area contributed by atoms with Gasteiger partial charge in [-0.25, -0.2) is 0 Å². The largest absolute Gasteiger partial charge is 0.326 e. The van der Waals surface area contributed by atoms with Crippen LogP contribution in [0.15, 0.2) is 48.5 Å². The summed E-state index contributed by atoms with van der Waals surface area (Å²) in [5.74, 6) is -0.132. The standard InChI is InChI=1S/C21H26N2O2/c1-4-17-10-9-11-18(5-2)21(17)23(16(3)24)15-14-20(25)22-19-12-7-6-8-13-19/h6-13H,4-5,14-15H2,1-3H3,(H,22,25). The minimum Gasteiger partial charge on any atom is -0.326 e. The molecule has 0 bridgehead atoms. The van der Waals surface area contributed by atoms with E-state index in [4.69, 9.17) is 0 Å². The van der Waals surface area contributed by atoms with E-state index in [9.17, 15) is 9.59 Å². The Bertz CT molecular complexity index is 704. The molecule has 4 heteroatoms. The highest BCUT2D eigenvalue weighted by Crippen LogP contribution is 2.27. The van der Waals surface area contributed by atoms with Crippen LogP contribution in [-0.4, -0.2) is 18.4 Å². The molecule has 0 radical (unpaired) electrons. The fraction of sp³-hybridized carbons (Fsp3) is 0.333. The lowest BCUT2D eigenvalue weighted by Gasteiger charge is -2.26. The predicted molar refractivity (Wildman–Crippen MR) is 103 cm³/mol. The summed E-state index contributed by atoms with van der Waals surface area (Å²) in [6, 6.07) is 15.5. The van der Waals surface area contributed by atoms with Gasteiger partial charge in [0.15, 0.2) is 0 Å². The van der Waals surface area contributed by atoms with Crippen LogP contribution < -0.4 is 10.2 Å². The van der Waals surface area contributed by atoms with Crippen molar-refractivity contribution in [3.05, 3.63) is 59.7 Å². The zero-order valence-corrected chi connectivity index (χ0v) is 15.2. The van der Waals surface area contributed by atoms with Crippen LogP contribution in [0, 0.1) is 0 Å². The van der Waals surface area contributed by atoms with Gasteiger partial charge in [0.05, 0.1) is 0 Å². The van der Waals surface area contributed by atoms with Crippen molar-refractivity contribution in [2.75, 3.05) is 16.8 Å². The van der Waals surface area contributed by atoms with Crippen molar-refractivity contribution in [3.63, 3.8) is 0 Å². The van der Waals surface area contributed by atoms with Crippen LogP contribution in [0.2, 0.25) is 0 Å². The molecule has 0 aromatic heterocycles. The number of rotatable bonds is 7. The van der Waals surface area contributed by atoms with E-state index in [1.165, 1.54) is 0 Å². The number of aryl methyl sites for hydroxylation is 2. The average Bonchev–Trinajstić information content (AvgIpc) is 2.62. The molecule has 0 saturated carbocycles. The number of carbonyl (C=O) groups is 2. The summed E-state index contributed by atoms with van der Waals surface area (Å²) in [6.45, 7) is 6.09. The predicted octanol–water partition coefficient (Wildman–Crippen LogP) is 4.19. The van der Waals surface area contributed by atoms with Crippen LogP contribution in [0.1, 0.15) is 38.3 Å². The Balaban J connectivity index is 2.14. The SMILES string of the molecule is CCc1cccc(CC)c1N(CCC(=O)Nc1ccccc1)C(C)=O. The molecule has 0 aliphatic carbocycles. The Morgan fingerprint density at radius 2 is 1.52 bits per heavy atom. The summed E-state index contributed by atoms with van der Waals surface area (Å²) in [5.41, 5.74) is 4.01. The normalized spacial score (nSPS) is 10.4. The van der Waals surface area contributed by atoms with Crippen molar-refractivity contribution in [3.8, 4) is 0 Å². The Morgan fingerprint density at radius 1 is 0.920 bits per heavy atom. The molecule has 2 amide bonds. The maximum Gasteiger partial charge on any atom is 0.226 e. The number of hydrogen-bond donors (Lipinski definition) is 1. The molecule has 2 aromatic carbocycles. The molecule has 0 atom stereocenters. The van der Waals surface area contributed by atoms with Crippen molar-refractivity contribution in [2.24, 2.45) is 0 Å². The van der Waals surface area contributed by atoms with E-state index < -0.39 is 0 Å². The maximum atomic E-state index is 12.2. The summed E-state index contributed by atoms with van der Waals surface area (Å²) < 4.78 is 0. The zero-order valence-electron chi connectivity index (χ0n) is 15.2. The van der Waals surface area contributed by atoms with Crippen LogP contribution >= 0.6 is 0 Å². The minimum absolute atomic E-state index is 0.0388. The van der Waals surface area contributed by atoms with Gasteiger partial charge < -0.3 is 10.2 Å². The molecule has 132 valence electrons. The molecular weight excluding hydrogens is 312 g/mol. The molecule has 0 saturated heterocycles. The summed E-state index contributed by atoms with van der Waals surface area (Å²) in [4.78, 5) is 26.2. The number of para-hydroxylation sites is 2. The Morgan fingerprint density at radius 3 is 2.04 bits per heavy atom. The van der Waals surface area contributed by atoms with Crippen LogP contribution in [0.3, 0.4) is 0 Å². The van der Waals surface area contributed by atoms with Gasteiger partial charge in [-0.3, -0.25) is 9.59 Å². The molecule has 1 N–H and O–H groups in total. The van der Waals surface area contributed by atoms with Gasteiger partial charge in [0.25, 0.3) is 0 Å². The van der Waals surface area contributed by atoms with Gasteiger partial charge in [0.2, 0.25) is 11.8 Å². The first-order valence-corrected chi connectivity index (χ1v) is 8.80. The van der Waals surface area contributed by atoms with Gasteiger partial charge >= 0.3 is 0 Å². The second-order valence-corrected chi connectivity index (χ2v) is 5.97. The average molecular weight is 338 g/mol. The van der Waals surface area contributed by atoms with Gasteiger partial charge in [0, 0.05) is 31.3 Å². The smallest absolute Gasteiger partial charge is 0.226 e. The molecule has 2 rings (SSSR count). The van der Waals surface area contributed by atoms with Crippen molar-refractivity contribution in [1.29, 1.82) is 0 Å². The van der Waals surface area contributed by atoms with Gasteiger partial charge in [0.1, 0.15) is 0 Å². The molecule has 4 nitrogen and oxygen atoms in total. The number of amides is 2. The summed E-state index contributed by atoms with van der Waals surface area (Å²) in [7, 11) is 0. The van der Waals surface area contributed by atoms with Crippen LogP contribution in [-0.2, 0) is 22.4 Å². The van der Waals surface area contributed by atoms with E-state index in [0.717, 1.165) is 35.3 Å². The third-order valence-corrected chi connectivity index (χ3v) is 4.23. The van der Waals surface area contributed by atoms with Gasteiger partial charge in [-0.15, -0.1) is 0 Å². The minimum atomic E-state index is -0.0931. The highest BCUT2D eigenvalue weighted by molar-refractivity contribution is 5.96. The fourth-order valence-corrected chi connectivity index (χ4v) is 2.95. The molecule has 0 heterocycles. The zero-order chi connectivity index (χ0) is 18.2. The molecule has 0 unspecified atom stereocenters. The van der Waals surface area contributed by atoms with Gasteiger partial charge in [-0.05, 0) is 36.1 Å². The summed E-state index contributed by atoms with van der Waals surface area (Å²) >= 11 is 0. The Labute approximate surface area is 149 Å². The first kappa shape index (κ1) is 18.7. The lowest BCUT2D eigenvalue weighted by atomic mass is 10.0. The molecule has 0 aliphatic heterocycles. The molecule has 25 heavy (non-hydrogen) atoms. The number of nitrogens with one attached hydrogen (secondary N) is 1. The molecule has 0 aliphatic rings. The van der Waals surface area contributed by atoms with E-state index in [1.54, 1.807) is 11.8 Å². The second kappa shape index (κ2) is 9.02. The second-order valence-electron chi connectivity index (χ2n) is 5.97. The highest BCUT2D eigenvalue weighted by Gasteiger charge is 2.19. The van der Waals surface area contributed by atoms with Crippen molar-refractivity contribution in [1.82, 2.24) is 0 Å². The Kier molecular flexibility index (Phi) is 6.75. The fourth-order valence-electron chi connectivity index (χ4n) is 2.95. The van der Waals surface area contributed by atoms with Crippen molar-refractivity contribution < 1.29 is 9.59 Å². The van der Waals surface area contributed by atoms with Crippen LogP contribution in [0.25, 0.3) is 0 Å².